The predicted octanol–water partition coefficient (Wildman–Crippen LogP) is 4.67. The highest BCUT2D eigenvalue weighted by atomic mass is 32.2. The zero-order valence-electron chi connectivity index (χ0n) is 16.6. The van der Waals surface area contributed by atoms with Crippen molar-refractivity contribution < 1.29 is 4.79 Å². The lowest BCUT2D eigenvalue weighted by Crippen LogP contribution is -2.38. The van der Waals surface area contributed by atoms with Crippen LogP contribution < -0.4 is 5.32 Å². The Morgan fingerprint density at radius 2 is 1.85 bits per heavy atom. The van der Waals surface area contributed by atoms with Crippen molar-refractivity contribution in [2.24, 2.45) is 5.92 Å². The van der Waals surface area contributed by atoms with Crippen LogP contribution in [0.5, 0.6) is 0 Å². The molecule has 3 nitrogen and oxygen atoms in total. The summed E-state index contributed by atoms with van der Waals surface area (Å²) < 4.78 is 0. The Morgan fingerprint density at radius 3 is 2.56 bits per heavy atom. The van der Waals surface area contributed by atoms with Crippen LogP contribution in [0.15, 0.2) is 47.4 Å². The second-order valence-corrected chi connectivity index (χ2v) is 8.39. The van der Waals surface area contributed by atoms with Crippen LogP contribution in [-0.2, 0) is 6.54 Å². The van der Waals surface area contributed by atoms with Crippen LogP contribution in [-0.4, -0.2) is 36.7 Å². The molecule has 1 aliphatic heterocycles. The van der Waals surface area contributed by atoms with E-state index in [4.69, 9.17) is 0 Å². The van der Waals surface area contributed by atoms with Gasteiger partial charge in [-0.3, -0.25) is 9.69 Å². The van der Waals surface area contributed by atoms with Crippen molar-refractivity contribution in [2.45, 2.75) is 38.1 Å². The van der Waals surface area contributed by atoms with Crippen LogP contribution >= 0.6 is 11.8 Å². The lowest BCUT2D eigenvalue weighted by Gasteiger charge is -2.32. The first kappa shape index (κ1) is 20.0. The van der Waals surface area contributed by atoms with Gasteiger partial charge in [0.1, 0.15) is 0 Å². The largest absolute Gasteiger partial charge is 0.352 e. The maximum absolute atomic E-state index is 12.4. The molecular formula is C23H30N2OS. The molecule has 0 aromatic heterocycles. The Bertz CT molecular complexity index is 782. The van der Waals surface area contributed by atoms with Gasteiger partial charge in [0, 0.05) is 23.5 Å². The zero-order valence-corrected chi connectivity index (χ0v) is 17.4. The number of thioether (sulfide) groups is 1. The fourth-order valence-electron chi connectivity index (χ4n) is 3.64. The molecule has 1 heterocycles. The van der Waals surface area contributed by atoms with Gasteiger partial charge in [-0.25, -0.2) is 0 Å². The zero-order chi connectivity index (χ0) is 19.2. The van der Waals surface area contributed by atoms with E-state index >= 15 is 0 Å². The number of carbonyl (C=O) groups excluding carboxylic acids is 1. The van der Waals surface area contributed by atoms with Crippen molar-refractivity contribution in [3.8, 4) is 0 Å². The number of hydrogen-bond donors (Lipinski definition) is 1. The molecule has 1 fully saturated rings. The van der Waals surface area contributed by atoms with Gasteiger partial charge in [-0.2, -0.15) is 0 Å². The highest BCUT2D eigenvalue weighted by Gasteiger charge is 2.20. The molecule has 1 amide bonds. The number of likely N-dealkylation sites (tertiary alicyclic amines) is 1. The van der Waals surface area contributed by atoms with Crippen LogP contribution in [0, 0.1) is 19.8 Å². The van der Waals surface area contributed by atoms with E-state index in [-0.39, 0.29) is 5.91 Å². The number of piperidine rings is 1. The van der Waals surface area contributed by atoms with Crippen molar-refractivity contribution in [1.82, 2.24) is 10.2 Å². The number of rotatable bonds is 6. The Balaban J connectivity index is 1.45. The Hall–Kier alpha value is -1.78. The molecule has 0 bridgehead atoms. The molecule has 4 heteroatoms. The minimum atomic E-state index is 0.0504. The highest BCUT2D eigenvalue weighted by molar-refractivity contribution is 7.98. The molecule has 0 atom stereocenters. The molecule has 0 aliphatic carbocycles. The van der Waals surface area contributed by atoms with Crippen molar-refractivity contribution in [2.75, 3.05) is 25.9 Å². The molecule has 2 aromatic rings. The summed E-state index contributed by atoms with van der Waals surface area (Å²) in [6.45, 7) is 8.14. The fraction of sp³-hybridized carbons (Fsp3) is 0.435. The summed E-state index contributed by atoms with van der Waals surface area (Å²) in [6, 6.07) is 14.6. The first-order valence-electron chi connectivity index (χ1n) is 9.76. The normalized spacial score (nSPS) is 15.7. The molecule has 2 aromatic carbocycles. The van der Waals surface area contributed by atoms with Crippen molar-refractivity contribution >= 4 is 17.7 Å². The van der Waals surface area contributed by atoms with Gasteiger partial charge in [-0.1, -0.05) is 24.3 Å². The molecule has 1 saturated heterocycles. The van der Waals surface area contributed by atoms with Gasteiger partial charge >= 0.3 is 0 Å². The third-order valence-corrected chi connectivity index (χ3v) is 6.45. The van der Waals surface area contributed by atoms with Crippen molar-refractivity contribution in [3.63, 3.8) is 0 Å². The number of nitrogens with one attached hydrogen (secondary N) is 1. The van der Waals surface area contributed by atoms with Crippen LogP contribution in [0.1, 0.15) is 39.9 Å². The summed E-state index contributed by atoms with van der Waals surface area (Å²) in [5.74, 6) is 0.627. The second-order valence-electron chi connectivity index (χ2n) is 7.54. The molecule has 144 valence electrons. The van der Waals surface area contributed by atoms with Crippen LogP contribution in [0.3, 0.4) is 0 Å². The highest BCUT2D eigenvalue weighted by Crippen LogP contribution is 2.24. The van der Waals surface area contributed by atoms with E-state index in [0.717, 1.165) is 44.6 Å². The first-order valence-corrected chi connectivity index (χ1v) is 11.0. The van der Waals surface area contributed by atoms with E-state index in [2.05, 4.69) is 54.6 Å². The number of nitrogens with zero attached hydrogens (tertiary/aromatic N) is 1. The quantitative estimate of drug-likeness (QED) is 0.737. The van der Waals surface area contributed by atoms with E-state index in [1.165, 1.54) is 21.6 Å². The monoisotopic (exact) mass is 382 g/mol. The summed E-state index contributed by atoms with van der Waals surface area (Å²) in [6.07, 6.45) is 4.44. The van der Waals surface area contributed by atoms with E-state index in [9.17, 15) is 4.79 Å². The van der Waals surface area contributed by atoms with Gasteiger partial charge in [-0.05, 0) is 86.8 Å². The van der Waals surface area contributed by atoms with Gasteiger partial charge < -0.3 is 5.32 Å². The first-order chi connectivity index (χ1) is 13.1. The molecule has 1 N–H and O–H groups in total. The Kier molecular flexibility index (Phi) is 6.97. The topological polar surface area (TPSA) is 32.3 Å². The minimum Gasteiger partial charge on any atom is -0.352 e. The fourth-order valence-corrected chi connectivity index (χ4v) is 4.25. The van der Waals surface area contributed by atoms with Gasteiger partial charge in [0.15, 0.2) is 0 Å². The molecular weight excluding hydrogens is 352 g/mol. The van der Waals surface area contributed by atoms with Gasteiger partial charge in [0.2, 0.25) is 0 Å². The molecule has 27 heavy (non-hydrogen) atoms. The molecule has 0 radical (unpaired) electrons. The summed E-state index contributed by atoms with van der Waals surface area (Å²) >= 11 is 1.82. The SMILES string of the molecule is CSc1ccccc1CN1CCC(CNC(=O)c2ccc(C)c(C)c2)CC1. The van der Waals surface area contributed by atoms with Crippen molar-refractivity contribution in [1.29, 1.82) is 0 Å². The number of benzene rings is 2. The third kappa shape index (κ3) is 5.36. The second kappa shape index (κ2) is 9.43. The summed E-state index contributed by atoms with van der Waals surface area (Å²) in [5.41, 5.74) is 4.58. The summed E-state index contributed by atoms with van der Waals surface area (Å²) in [5, 5.41) is 3.14. The van der Waals surface area contributed by atoms with E-state index in [0.29, 0.717) is 5.92 Å². The molecule has 0 saturated carbocycles. The van der Waals surface area contributed by atoms with Crippen molar-refractivity contribution in [3.05, 3.63) is 64.7 Å². The van der Waals surface area contributed by atoms with E-state index < -0.39 is 0 Å². The number of carbonyl (C=O) groups is 1. The number of hydrogen-bond acceptors (Lipinski definition) is 3. The molecule has 1 aliphatic rings. The van der Waals surface area contributed by atoms with Crippen LogP contribution in [0.2, 0.25) is 0 Å². The predicted molar refractivity (Wildman–Crippen MR) is 114 cm³/mol. The standard InChI is InChI=1S/C23H30N2OS/c1-17-8-9-20(14-18(17)2)23(26)24-15-19-10-12-25(13-11-19)16-21-6-4-5-7-22(21)27-3/h4-9,14,19H,10-13,15-16H2,1-3H3,(H,24,26). The smallest absolute Gasteiger partial charge is 0.251 e. The molecule has 3 rings (SSSR count). The number of aryl methyl sites for hydroxylation is 2. The lowest BCUT2D eigenvalue weighted by atomic mass is 9.96. The Labute approximate surface area is 167 Å². The minimum absolute atomic E-state index is 0.0504. The van der Waals surface area contributed by atoms with Gasteiger partial charge in [-0.15, -0.1) is 11.8 Å². The van der Waals surface area contributed by atoms with E-state index in [1.807, 2.05) is 30.0 Å². The lowest BCUT2D eigenvalue weighted by molar-refractivity contribution is 0.0935. The summed E-state index contributed by atoms with van der Waals surface area (Å²) in [4.78, 5) is 16.3. The average Bonchev–Trinajstić information content (AvgIpc) is 2.69. The average molecular weight is 383 g/mol. The van der Waals surface area contributed by atoms with Gasteiger partial charge in [0.05, 0.1) is 0 Å². The maximum atomic E-state index is 12.4. The molecule has 0 unspecified atom stereocenters. The van der Waals surface area contributed by atoms with Gasteiger partial charge in [0.25, 0.3) is 5.91 Å². The number of amides is 1. The maximum Gasteiger partial charge on any atom is 0.251 e. The van der Waals surface area contributed by atoms with E-state index in [1.54, 1.807) is 0 Å². The molecule has 0 spiro atoms. The Morgan fingerprint density at radius 1 is 1.11 bits per heavy atom. The van der Waals surface area contributed by atoms with Crippen LogP contribution in [0.4, 0.5) is 0 Å². The summed E-state index contributed by atoms with van der Waals surface area (Å²) in [7, 11) is 0. The third-order valence-electron chi connectivity index (χ3n) is 5.61. The van der Waals surface area contributed by atoms with Crippen LogP contribution in [0.25, 0.3) is 0 Å².